The standard InChI is InChI=1S/C24H28N4O3/c29-22-7-4-12-28(22)21-10-8-20(9-11-21)24(31)25-17-23(30)27-15-13-26(14-16-27)18-19-5-2-1-3-6-19/h1-3,5-6,8-11H,4,7,12-18H2,(H,25,31). The van der Waals surface area contributed by atoms with Crippen LogP contribution in [0.3, 0.4) is 0 Å². The molecule has 0 aliphatic carbocycles. The Morgan fingerprint density at radius 3 is 2.23 bits per heavy atom. The molecule has 7 nitrogen and oxygen atoms in total. The van der Waals surface area contributed by atoms with E-state index >= 15 is 0 Å². The van der Waals surface area contributed by atoms with Crippen molar-refractivity contribution in [2.45, 2.75) is 19.4 Å². The van der Waals surface area contributed by atoms with E-state index in [9.17, 15) is 14.4 Å². The third-order valence-corrected chi connectivity index (χ3v) is 5.89. The van der Waals surface area contributed by atoms with Crippen LogP contribution in [-0.2, 0) is 16.1 Å². The number of nitrogens with zero attached hydrogens (tertiary/aromatic N) is 3. The molecule has 2 aliphatic rings. The van der Waals surface area contributed by atoms with Gasteiger partial charge in [0.05, 0.1) is 6.54 Å². The van der Waals surface area contributed by atoms with E-state index in [1.54, 1.807) is 29.2 Å². The molecule has 2 saturated heterocycles. The first-order valence-corrected chi connectivity index (χ1v) is 10.8. The van der Waals surface area contributed by atoms with Gasteiger partial charge in [0.1, 0.15) is 0 Å². The normalized spacial score (nSPS) is 17.1. The monoisotopic (exact) mass is 420 g/mol. The van der Waals surface area contributed by atoms with Crippen molar-refractivity contribution in [1.29, 1.82) is 0 Å². The first-order valence-electron chi connectivity index (χ1n) is 10.8. The molecule has 0 radical (unpaired) electrons. The summed E-state index contributed by atoms with van der Waals surface area (Å²) in [6, 6.07) is 17.3. The van der Waals surface area contributed by atoms with Crippen molar-refractivity contribution in [3.05, 3.63) is 65.7 Å². The van der Waals surface area contributed by atoms with Gasteiger partial charge in [0.25, 0.3) is 5.91 Å². The second kappa shape index (κ2) is 9.75. The molecule has 4 rings (SSSR count). The van der Waals surface area contributed by atoms with Gasteiger partial charge in [-0.15, -0.1) is 0 Å². The number of nitrogens with one attached hydrogen (secondary N) is 1. The van der Waals surface area contributed by atoms with Crippen LogP contribution in [0.25, 0.3) is 0 Å². The van der Waals surface area contributed by atoms with Crippen molar-refractivity contribution in [3.63, 3.8) is 0 Å². The highest BCUT2D eigenvalue weighted by Gasteiger charge is 2.23. The number of amides is 3. The van der Waals surface area contributed by atoms with Gasteiger partial charge in [0, 0.05) is 56.9 Å². The number of rotatable bonds is 6. The lowest BCUT2D eigenvalue weighted by molar-refractivity contribution is -0.131. The van der Waals surface area contributed by atoms with Gasteiger partial charge < -0.3 is 15.1 Å². The van der Waals surface area contributed by atoms with Crippen LogP contribution >= 0.6 is 0 Å². The number of benzene rings is 2. The van der Waals surface area contributed by atoms with Crippen molar-refractivity contribution in [2.24, 2.45) is 0 Å². The van der Waals surface area contributed by atoms with Crippen molar-refractivity contribution in [1.82, 2.24) is 15.1 Å². The van der Waals surface area contributed by atoms with Gasteiger partial charge in [-0.3, -0.25) is 19.3 Å². The molecule has 0 aromatic heterocycles. The van der Waals surface area contributed by atoms with Crippen LogP contribution in [0.2, 0.25) is 0 Å². The molecule has 2 aromatic rings. The zero-order valence-electron chi connectivity index (χ0n) is 17.6. The maximum absolute atomic E-state index is 12.5. The van der Waals surface area contributed by atoms with Gasteiger partial charge in [-0.1, -0.05) is 30.3 Å². The number of hydrogen-bond donors (Lipinski definition) is 1. The highest BCUT2D eigenvalue weighted by Crippen LogP contribution is 2.21. The Labute approximate surface area is 182 Å². The highest BCUT2D eigenvalue weighted by molar-refractivity contribution is 5.98. The molecule has 1 N–H and O–H groups in total. The average Bonchev–Trinajstić information content (AvgIpc) is 3.24. The zero-order chi connectivity index (χ0) is 21.6. The quantitative estimate of drug-likeness (QED) is 0.775. The summed E-state index contributed by atoms with van der Waals surface area (Å²) in [5.74, 6) is -0.228. The van der Waals surface area contributed by atoms with E-state index in [4.69, 9.17) is 0 Å². The summed E-state index contributed by atoms with van der Waals surface area (Å²) in [7, 11) is 0. The predicted molar refractivity (Wildman–Crippen MR) is 119 cm³/mol. The molecular weight excluding hydrogens is 392 g/mol. The van der Waals surface area contributed by atoms with Crippen molar-refractivity contribution >= 4 is 23.4 Å². The Morgan fingerprint density at radius 2 is 1.58 bits per heavy atom. The molecule has 2 fully saturated rings. The molecule has 0 saturated carbocycles. The maximum atomic E-state index is 12.5. The summed E-state index contributed by atoms with van der Waals surface area (Å²) < 4.78 is 0. The molecule has 3 amide bonds. The van der Waals surface area contributed by atoms with Gasteiger partial charge in [-0.2, -0.15) is 0 Å². The molecule has 2 heterocycles. The number of piperazine rings is 1. The number of hydrogen-bond acceptors (Lipinski definition) is 4. The molecule has 2 aliphatic heterocycles. The van der Waals surface area contributed by atoms with Crippen LogP contribution in [-0.4, -0.2) is 66.8 Å². The summed E-state index contributed by atoms with van der Waals surface area (Å²) in [6.45, 7) is 4.58. The van der Waals surface area contributed by atoms with Crippen LogP contribution in [0, 0.1) is 0 Å². The average molecular weight is 421 g/mol. The summed E-state index contributed by atoms with van der Waals surface area (Å²) in [4.78, 5) is 42.6. The minimum Gasteiger partial charge on any atom is -0.343 e. The number of anilines is 1. The number of carbonyl (C=O) groups excluding carboxylic acids is 3. The summed E-state index contributed by atoms with van der Waals surface area (Å²) >= 11 is 0. The van der Waals surface area contributed by atoms with Crippen molar-refractivity contribution in [2.75, 3.05) is 44.2 Å². The van der Waals surface area contributed by atoms with Crippen LogP contribution < -0.4 is 10.2 Å². The third kappa shape index (κ3) is 5.30. The van der Waals surface area contributed by atoms with Crippen LogP contribution in [0.15, 0.2) is 54.6 Å². The van der Waals surface area contributed by atoms with Gasteiger partial charge in [-0.05, 0) is 36.2 Å². The first kappa shape index (κ1) is 21.1. The minimum absolute atomic E-state index is 0.0100. The Hall–Kier alpha value is -3.19. The first-order chi connectivity index (χ1) is 15.1. The fourth-order valence-corrected chi connectivity index (χ4v) is 4.08. The van der Waals surface area contributed by atoms with E-state index in [2.05, 4.69) is 22.3 Å². The molecule has 0 spiro atoms. The van der Waals surface area contributed by atoms with Crippen molar-refractivity contribution in [3.8, 4) is 0 Å². The largest absolute Gasteiger partial charge is 0.343 e. The van der Waals surface area contributed by atoms with E-state index in [0.717, 1.165) is 38.3 Å². The van der Waals surface area contributed by atoms with Gasteiger partial charge in [0.15, 0.2) is 0 Å². The fourth-order valence-electron chi connectivity index (χ4n) is 4.08. The van der Waals surface area contributed by atoms with Crippen LogP contribution in [0.1, 0.15) is 28.8 Å². The zero-order valence-corrected chi connectivity index (χ0v) is 17.6. The summed E-state index contributed by atoms with van der Waals surface area (Å²) in [5.41, 5.74) is 2.56. The number of carbonyl (C=O) groups is 3. The molecule has 162 valence electrons. The minimum atomic E-state index is -0.282. The Morgan fingerprint density at radius 1 is 0.871 bits per heavy atom. The van der Waals surface area contributed by atoms with Crippen LogP contribution in [0.5, 0.6) is 0 Å². The summed E-state index contributed by atoms with van der Waals surface area (Å²) in [6.07, 6.45) is 1.44. The topological polar surface area (TPSA) is 73.0 Å². The molecular formula is C24H28N4O3. The summed E-state index contributed by atoms with van der Waals surface area (Å²) in [5, 5.41) is 2.72. The van der Waals surface area contributed by atoms with Crippen LogP contribution in [0.4, 0.5) is 5.69 Å². The van der Waals surface area contributed by atoms with Gasteiger partial charge in [0.2, 0.25) is 11.8 Å². The second-order valence-corrected chi connectivity index (χ2v) is 8.02. The molecule has 31 heavy (non-hydrogen) atoms. The predicted octanol–water partition coefficient (Wildman–Crippen LogP) is 1.89. The van der Waals surface area contributed by atoms with E-state index in [-0.39, 0.29) is 24.3 Å². The fraction of sp³-hybridized carbons (Fsp3) is 0.375. The third-order valence-electron chi connectivity index (χ3n) is 5.89. The Balaban J connectivity index is 1.21. The highest BCUT2D eigenvalue weighted by atomic mass is 16.2. The Bertz CT molecular complexity index is 922. The maximum Gasteiger partial charge on any atom is 0.251 e. The smallest absolute Gasteiger partial charge is 0.251 e. The SMILES string of the molecule is O=C(NCC(=O)N1CCN(Cc2ccccc2)CC1)c1ccc(N2CCCC2=O)cc1. The van der Waals surface area contributed by atoms with E-state index < -0.39 is 0 Å². The van der Waals surface area contributed by atoms with E-state index in [1.165, 1.54) is 5.56 Å². The van der Waals surface area contributed by atoms with Crippen molar-refractivity contribution < 1.29 is 14.4 Å². The lowest BCUT2D eigenvalue weighted by atomic mass is 10.2. The van der Waals surface area contributed by atoms with Gasteiger partial charge in [-0.25, -0.2) is 0 Å². The lowest BCUT2D eigenvalue weighted by Crippen LogP contribution is -2.50. The Kier molecular flexibility index (Phi) is 6.62. The van der Waals surface area contributed by atoms with Gasteiger partial charge >= 0.3 is 0 Å². The molecule has 0 unspecified atom stereocenters. The van der Waals surface area contributed by atoms with E-state index in [0.29, 0.717) is 25.1 Å². The molecule has 0 atom stereocenters. The second-order valence-electron chi connectivity index (χ2n) is 8.02. The lowest BCUT2D eigenvalue weighted by Gasteiger charge is -2.34. The van der Waals surface area contributed by atoms with E-state index in [1.807, 2.05) is 23.1 Å². The molecule has 2 aromatic carbocycles. The molecule has 0 bridgehead atoms. The molecule has 7 heteroatoms.